The highest BCUT2D eigenvalue weighted by Gasteiger charge is 2.25. The molecule has 0 bridgehead atoms. The van der Waals surface area contributed by atoms with Gasteiger partial charge in [0.25, 0.3) is 11.6 Å². The molecular weight excluding hydrogens is 356 g/mol. The molecule has 3 aromatic rings. The van der Waals surface area contributed by atoms with Gasteiger partial charge in [0.1, 0.15) is 11.3 Å². The maximum Gasteiger partial charge on any atom is 0.344 e. The molecule has 10 nitrogen and oxygen atoms in total. The molecule has 0 saturated carbocycles. The standard InChI is InChI=1S/C17H16N4O6/c1-4-13-14(9(2)27-20-13)17(22)25-10(3)15-18-19-16(26-15)11-5-7-12(8-6-11)21(23)24/h5-8,10H,4H2,1-3H3. The zero-order chi connectivity index (χ0) is 19.6. The number of hydrogen-bond donors (Lipinski definition) is 0. The largest absolute Gasteiger partial charge is 0.449 e. The molecule has 2 aromatic heterocycles. The lowest BCUT2D eigenvalue weighted by molar-refractivity contribution is -0.384. The highest BCUT2D eigenvalue weighted by molar-refractivity contribution is 5.91. The van der Waals surface area contributed by atoms with Crippen LogP contribution in [0, 0.1) is 17.0 Å². The van der Waals surface area contributed by atoms with Gasteiger partial charge in [0, 0.05) is 17.7 Å². The van der Waals surface area contributed by atoms with E-state index in [0.29, 0.717) is 29.0 Å². The van der Waals surface area contributed by atoms with Crippen LogP contribution in [-0.2, 0) is 11.2 Å². The van der Waals surface area contributed by atoms with Gasteiger partial charge in [0.15, 0.2) is 6.10 Å². The van der Waals surface area contributed by atoms with Crippen LogP contribution in [0.3, 0.4) is 0 Å². The highest BCUT2D eigenvalue weighted by Crippen LogP contribution is 2.25. The second kappa shape index (κ2) is 7.36. The first-order valence-electron chi connectivity index (χ1n) is 8.15. The average Bonchev–Trinajstić information content (AvgIpc) is 3.28. The number of nitro benzene ring substituents is 1. The van der Waals surface area contributed by atoms with E-state index in [2.05, 4.69) is 15.4 Å². The van der Waals surface area contributed by atoms with Crippen molar-refractivity contribution in [1.29, 1.82) is 0 Å². The van der Waals surface area contributed by atoms with Crippen LogP contribution in [0.1, 0.15) is 47.7 Å². The van der Waals surface area contributed by atoms with Crippen molar-refractivity contribution < 1.29 is 23.4 Å². The number of carbonyl (C=O) groups is 1. The van der Waals surface area contributed by atoms with E-state index < -0.39 is 17.0 Å². The molecule has 0 N–H and O–H groups in total. The first-order valence-corrected chi connectivity index (χ1v) is 8.15. The summed E-state index contributed by atoms with van der Waals surface area (Å²) in [5, 5.41) is 22.3. The van der Waals surface area contributed by atoms with Crippen molar-refractivity contribution in [2.75, 3.05) is 0 Å². The van der Waals surface area contributed by atoms with Crippen LogP contribution in [0.5, 0.6) is 0 Å². The number of carbonyl (C=O) groups excluding carboxylic acids is 1. The fraction of sp³-hybridized carbons (Fsp3) is 0.294. The Bertz CT molecular complexity index is 976. The number of ether oxygens (including phenoxy) is 1. The topological polar surface area (TPSA) is 134 Å². The molecule has 140 valence electrons. The minimum atomic E-state index is -0.796. The third-order valence-corrected chi connectivity index (χ3v) is 3.87. The SMILES string of the molecule is CCc1noc(C)c1C(=O)OC(C)c1nnc(-c2ccc([N+](=O)[O-])cc2)o1. The Balaban J connectivity index is 1.75. The van der Waals surface area contributed by atoms with Gasteiger partial charge in [0.2, 0.25) is 5.89 Å². The van der Waals surface area contributed by atoms with E-state index in [4.69, 9.17) is 13.7 Å². The second-order valence-corrected chi connectivity index (χ2v) is 5.71. The third kappa shape index (κ3) is 3.68. The molecule has 0 saturated heterocycles. The second-order valence-electron chi connectivity index (χ2n) is 5.71. The van der Waals surface area contributed by atoms with Crippen molar-refractivity contribution in [2.45, 2.75) is 33.3 Å². The zero-order valence-electron chi connectivity index (χ0n) is 14.8. The van der Waals surface area contributed by atoms with Crippen LogP contribution in [-0.4, -0.2) is 26.2 Å². The third-order valence-electron chi connectivity index (χ3n) is 3.87. The summed E-state index contributed by atoms with van der Waals surface area (Å²) < 4.78 is 15.9. The molecule has 0 radical (unpaired) electrons. The van der Waals surface area contributed by atoms with E-state index in [1.54, 1.807) is 13.8 Å². The maximum absolute atomic E-state index is 12.4. The van der Waals surface area contributed by atoms with Crippen molar-refractivity contribution in [3.63, 3.8) is 0 Å². The Kier molecular flexibility index (Phi) is 4.97. The summed E-state index contributed by atoms with van der Waals surface area (Å²) in [6.07, 6.45) is -0.267. The fourth-order valence-corrected chi connectivity index (χ4v) is 2.43. The normalized spacial score (nSPS) is 12.0. The molecule has 3 rings (SSSR count). The Hall–Kier alpha value is -3.56. The zero-order valence-corrected chi connectivity index (χ0v) is 14.8. The molecule has 0 aliphatic rings. The Morgan fingerprint density at radius 3 is 2.63 bits per heavy atom. The number of esters is 1. The number of aromatic nitrogens is 3. The molecule has 1 unspecified atom stereocenters. The van der Waals surface area contributed by atoms with Gasteiger partial charge in [0.05, 0.1) is 10.6 Å². The number of aryl methyl sites for hydroxylation is 2. The number of benzene rings is 1. The van der Waals surface area contributed by atoms with Gasteiger partial charge in [-0.25, -0.2) is 4.79 Å². The van der Waals surface area contributed by atoms with Crippen LogP contribution in [0.15, 0.2) is 33.2 Å². The van der Waals surface area contributed by atoms with Crippen molar-refractivity contribution in [2.24, 2.45) is 0 Å². The molecule has 0 amide bonds. The van der Waals surface area contributed by atoms with Gasteiger partial charge in [-0.05, 0) is 32.4 Å². The van der Waals surface area contributed by atoms with E-state index >= 15 is 0 Å². The summed E-state index contributed by atoms with van der Waals surface area (Å²) in [6.45, 7) is 5.08. The van der Waals surface area contributed by atoms with Crippen molar-refractivity contribution in [3.8, 4) is 11.5 Å². The monoisotopic (exact) mass is 372 g/mol. The molecule has 0 spiro atoms. The lowest BCUT2D eigenvalue weighted by Gasteiger charge is -2.09. The Labute approximate surface area is 153 Å². The highest BCUT2D eigenvalue weighted by atomic mass is 16.6. The molecule has 0 fully saturated rings. The molecule has 27 heavy (non-hydrogen) atoms. The van der Waals surface area contributed by atoms with E-state index in [1.165, 1.54) is 24.3 Å². The number of hydrogen-bond acceptors (Lipinski definition) is 9. The smallest absolute Gasteiger partial charge is 0.344 e. The summed E-state index contributed by atoms with van der Waals surface area (Å²) in [6, 6.07) is 5.67. The molecule has 0 aliphatic heterocycles. The van der Waals surface area contributed by atoms with Crippen LogP contribution in [0.4, 0.5) is 5.69 Å². The Morgan fingerprint density at radius 1 is 1.30 bits per heavy atom. The maximum atomic E-state index is 12.4. The molecule has 1 aromatic carbocycles. The summed E-state index contributed by atoms with van der Waals surface area (Å²) in [4.78, 5) is 22.6. The lowest BCUT2D eigenvalue weighted by Crippen LogP contribution is -2.11. The lowest BCUT2D eigenvalue weighted by atomic mass is 10.1. The van der Waals surface area contributed by atoms with Crippen LogP contribution in [0.2, 0.25) is 0 Å². The van der Waals surface area contributed by atoms with Crippen molar-refractivity contribution in [3.05, 3.63) is 57.3 Å². The first-order chi connectivity index (χ1) is 12.9. The predicted molar refractivity (Wildman–Crippen MR) is 90.8 cm³/mol. The average molecular weight is 372 g/mol. The van der Waals surface area contributed by atoms with Gasteiger partial charge in [-0.2, -0.15) is 0 Å². The summed E-state index contributed by atoms with van der Waals surface area (Å²) in [5.74, 6) is 0.0522. The molecule has 0 aliphatic carbocycles. The van der Waals surface area contributed by atoms with Crippen LogP contribution in [0.25, 0.3) is 11.5 Å². The molecule has 1 atom stereocenters. The summed E-state index contributed by atoms with van der Waals surface area (Å²) >= 11 is 0. The Morgan fingerprint density at radius 2 is 2.00 bits per heavy atom. The number of non-ortho nitro benzene ring substituents is 1. The van der Waals surface area contributed by atoms with E-state index in [9.17, 15) is 14.9 Å². The summed E-state index contributed by atoms with van der Waals surface area (Å²) in [5.41, 5.74) is 1.28. The van der Waals surface area contributed by atoms with Crippen molar-refractivity contribution >= 4 is 11.7 Å². The van der Waals surface area contributed by atoms with E-state index in [-0.39, 0.29) is 17.5 Å². The fourth-order valence-electron chi connectivity index (χ4n) is 2.43. The van der Waals surface area contributed by atoms with Gasteiger partial charge in [-0.1, -0.05) is 12.1 Å². The van der Waals surface area contributed by atoms with Gasteiger partial charge < -0.3 is 13.7 Å². The number of nitrogens with zero attached hydrogens (tertiary/aromatic N) is 4. The number of nitro groups is 1. The molecule has 10 heteroatoms. The van der Waals surface area contributed by atoms with E-state index in [0.717, 1.165) is 0 Å². The quantitative estimate of drug-likeness (QED) is 0.362. The van der Waals surface area contributed by atoms with Crippen LogP contribution >= 0.6 is 0 Å². The number of rotatable bonds is 6. The van der Waals surface area contributed by atoms with Crippen molar-refractivity contribution in [1.82, 2.24) is 15.4 Å². The molecular formula is C17H16N4O6. The summed E-state index contributed by atoms with van der Waals surface area (Å²) in [7, 11) is 0. The van der Waals surface area contributed by atoms with Crippen LogP contribution < -0.4 is 0 Å². The molecule has 2 heterocycles. The van der Waals surface area contributed by atoms with Gasteiger partial charge >= 0.3 is 5.97 Å². The van der Waals surface area contributed by atoms with E-state index in [1.807, 2.05) is 6.92 Å². The minimum Gasteiger partial charge on any atom is -0.449 e. The van der Waals surface area contributed by atoms with Gasteiger partial charge in [-0.15, -0.1) is 10.2 Å². The van der Waals surface area contributed by atoms with Gasteiger partial charge in [-0.3, -0.25) is 10.1 Å². The first kappa shape index (κ1) is 18.2. The predicted octanol–water partition coefficient (Wildman–Crippen LogP) is 3.42. The minimum absolute atomic E-state index is 0.0448.